The number of carbonyl (C=O) groups excluding carboxylic acids is 1. The summed E-state index contributed by atoms with van der Waals surface area (Å²) >= 11 is 0. The minimum Gasteiger partial charge on any atom is -0.339 e. The number of carbonyl (C=O) groups is 1. The van der Waals surface area contributed by atoms with Gasteiger partial charge in [0.25, 0.3) is 11.6 Å². The Bertz CT molecular complexity index is 1180. The van der Waals surface area contributed by atoms with Crippen LogP contribution in [0.1, 0.15) is 47.6 Å². The number of benzene rings is 1. The van der Waals surface area contributed by atoms with Crippen molar-refractivity contribution in [3.05, 3.63) is 59.7 Å². The molecule has 152 valence electrons. The Kier molecular flexibility index (Phi) is 4.74. The van der Waals surface area contributed by atoms with Crippen LogP contribution >= 0.6 is 0 Å². The number of rotatable bonds is 4. The molecule has 8 nitrogen and oxygen atoms in total. The Morgan fingerprint density at radius 3 is 2.70 bits per heavy atom. The molecule has 1 aliphatic rings. The minimum absolute atomic E-state index is 0.0263. The molecule has 0 saturated carbocycles. The fraction of sp³-hybridized carbons (Fsp3) is 0.318. The lowest BCUT2D eigenvalue weighted by atomic mass is 9.96. The minimum atomic E-state index is -0.0263. The van der Waals surface area contributed by atoms with Gasteiger partial charge in [-0.2, -0.15) is 4.98 Å². The van der Waals surface area contributed by atoms with Crippen LogP contribution in [-0.4, -0.2) is 44.2 Å². The summed E-state index contributed by atoms with van der Waals surface area (Å²) in [5.41, 5.74) is 2.77. The van der Waals surface area contributed by atoms with Gasteiger partial charge in [-0.15, -0.1) is 0 Å². The van der Waals surface area contributed by atoms with Gasteiger partial charge < -0.3 is 13.9 Å². The van der Waals surface area contributed by atoms with Crippen LogP contribution in [0.4, 0.5) is 0 Å². The first-order chi connectivity index (χ1) is 14.7. The summed E-state index contributed by atoms with van der Waals surface area (Å²) in [6, 6.07) is 11.6. The van der Waals surface area contributed by atoms with E-state index in [0.717, 1.165) is 35.9 Å². The molecule has 0 atom stereocenters. The summed E-state index contributed by atoms with van der Waals surface area (Å²) in [6.45, 7) is 3.26. The topological polar surface area (TPSA) is 98.2 Å². The predicted molar refractivity (Wildman–Crippen MR) is 109 cm³/mol. The molecule has 4 heterocycles. The number of amides is 1. The molecular weight excluding hydrogens is 382 g/mol. The number of hydrogen-bond acceptors (Lipinski definition) is 7. The van der Waals surface area contributed by atoms with E-state index in [1.165, 1.54) is 0 Å². The summed E-state index contributed by atoms with van der Waals surface area (Å²) in [4.78, 5) is 23.7. The number of aryl methyl sites for hydroxylation is 1. The van der Waals surface area contributed by atoms with Crippen LogP contribution in [0.2, 0.25) is 0 Å². The van der Waals surface area contributed by atoms with Crippen molar-refractivity contribution in [1.82, 2.24) is 25.2 Å². The van der Waals surface area contributed by atoms with Crippen LogP contribution in [-0.2, 0) is 6.42 Å². The lowest BCUT2D eigenvalue weighted by Gasteiger charge is -2.30. The van der Waals surface area contributed by atoms with Crippen LogP contribution in [0.15, 0.2) is 51.6 Å². The molecule has 3 aromatic heterocycles. The van der Waals surface area contributed by atoms with E-state index in [2.05, 4.69) is 20.3 Å². The number of nitrogens with zero attached hydrogens (tertiary/aromatic N) is 5. The van der Waals surface area contributed by atoms with Gasteiger partial charge >= 0.3 is 0 Å². The monoisotopic (exact) mass is 403 g/mol. The van der Waals surface area contributed by atoms with Gasteiger partial charge in [-0.05, 0) is 25.3 Å². The Morgan fingerprint density at radius 2 is 1.93 bits per heavy atom. The number of aromatic nitrogens is 4. The van der Waals surface area contributed by atoms with E-state index in [1.807, 2.05) is 48.2 Å². The molecule has 1 fully saturated rings. The summed E-state index contributed by atoms with van der Waals surface area (Å²) in [5, 5.41) is 8.93. The van der Waals surface area contributed by atoms with Gasteiger partial charge in [0.2, 0.25) is 11.7 Å². The maximum atomic E-state index is 13.0. The van der Waals surface area contributed by atoms with Crippen LogP contribution in [0.3, 0.4) is 0 Å². The van der Waals surface area contributed by atoms with Crippen molar-refractivity contribution in [3.63, 3.8) is 0 Å². The van der Waals surface area contributed by atoms with Crippen LogP contribution in [0.5, 0.6) is 0 Å². The lowest BCUT2D eigenvalue weighted by molar-refractivity contribution is 0.0704. The normalized spacial score (nSPS) is 15.0. The zero-order chi connectivity index (χ0) is 20.5. The van der Waals surface area contributed by atoms with Gasteiger partial charge in [0, 0.05) is 30.8 Å². The van der Waals surface area contributed by atoms with E-state index >= 15 is 0 Å². The van der Waals surface area contributed by atoms with E-state index in [-0.39, 0.29) is 11.8 Å². The van der Waals surface area contributed by atoms with Gasteiger partial charge in [0.05, 0.1) is 16.6 Å². The highest BCUT2D eigenvalue weighted by Crippen LogP contribution is 2.29. The third-order valence-corrected chi connectivity index (χ3v) is 5.59. The number of hydrogen-bond donors (Lipinski definition) is 0. The Labute approximate surface area is 172 Å². The molecule has 5 rings (SSSR count). The predicted octanol–water partition coefficient (Wildman–Crippen LogP) is 3.86. The largest absolute Gasteiger partial charge is 0.339 e. The highest BCUT2D eigenvalue weighted by molar-refractivity contribution is 5.97. The molecule has 0 spiro atoms. The van der Waals surface area contributed by atoms with Gasteiger partial charge in [0.1, 0.15) is 0 Å². The van der Waals surface area contributed by atoms with Gasteiger partial charge in [-0.1, -0.05) is 47.6 Å². The van der Waals surface area contributed by atoms with Crippen molar-refractivity contribution in [3.8, 4) is 11.4 Å². The molecule has 1 aliphatic heterocycles. The number of likely N-dealkylation sites (tertiary alicyclic amines) is 1. The van der Waals surface area contributed by atoms with Crippen molar-refractivity contribution in [2.75, 3.05) is 13.1 Å². The Hall–Kier alpha value is -3.55. The van der Waals surface area contributed by atoms with Crippen molar-refractivity contribution >= 4 is 17.0 Å². The zero-order valence-electron chi connectivity index (χ0n) is 16.6. The molecule has 0 bridgehead atoms. The second-order valence-electron chi connectivity index (χ2n) is 7.45. The molecule has 1 saturated heterocycles. The van der Waals surface area contributed by atoms with Crippen molar-refractivity contribution in [2.24, 2.45) is 0 Å². The third kappa shape index (κ3) is 3.34. The summed E-state index contributed by atoms with van der Waals surface area (Å²) in [5.74, 6) is 1.37. The molecule has 0 N–H and O–H groups in total. The second kappa shape index (κ2) is 7.70. The number of fused-ring (bicyclic) bond motifs is 1. The van der Waals surface area contributed by atoms with Crippen molar-refractivity contribution in [2.45, 2.75) is 32.1 Å². The molecule has 30 heavy (non-hydrogen) atoms. The summed E-state index contributed by atoms with van der Waals surface area (Å²) in [7, 11) is 0. The van der Waals surface area contributed by atoms with Crippen LogP contribution in [0.25, 0.3) is 22.5 Å². The average Bonchev–Trinajstić information content (AvgIpc) is 3.46. The smallest absolute Gasteiger partial charge is 0.257 e. The molecule has 4 aromatic rings. The fourth-order valence-electron chi connectivity index (χ4n) is 3.87. The fourth-order valence-corrected chi connectivity index (χ4v) is 3.87. The lowest BCUT2D eigenvalue weighted by Crippen LogP contribution is -2.38. The van der Waals surface area contributed by atoms with Gasteiger partial charge in [-0.3, -0.25) is 4.79 Å². The van der Waals surface area contributed by atoms with Crippen LogP contribution in [0, 0.1) is 0 Å². The van der Waals surface area contributed by atoms with Crippen molar-refractivity contribution < 1.29 is 13.8 Å². The highest BCUT2D eigenvalue weighted by atomic mass is 16.5. The van der Waals surface area contributed by atoms with Crippen molar-refractivity contribution in [1.29, 1.82) is 0 Å². The second-order valence-corrected chi connectivity index (χ2v) is 7.45. The first-order valence-electron chi connectivity index (χ1n) is 10.2. The van der Waals surface area contributed by atoms with Crippen LogP contribution < -0.4 is 0 Å². The van der Waals surface area contributed by atoms with E-state index in [4.69, 9.17) is 9.05 Å². The Morgan fingerprint density at radius 1 is 1.13 bits per heavy atom. The highest BCUT2D eigenvalue weighted by Gasteiger charge is 2.28. The first-order valence-corrected chi connectivity index (χ1v) is 10.2. The molecule has 0 unspecified atom stereocenters. The number of piperidine rings is 1. The molecule has 8 heteroatoms. The van der Waals surface area contributed by atoms with Gasteiger partial charge in [0.15, 0.2) is 0 Å². The molecule has 1 aromatic carbocycles. The Balaban J connectivity index is 1.27. The SMILES string of the molecule is CCc1noc2ncc(C(=O)N3CCC(c4nc(-c5ccccc5)no4)CC3)cc12. The maximum absolute atomic E-state index is 13.0. The molecule has 1 amide bonds. The summed E-state index contributed by atoms with van der Waals surface area (Å²) in [6.07, 6.45) is 3.86. The first kappa shape index (κ1) is 18.5. The van der Waals surface area contributed by atoms with E-state index in [0.29, 0.717) is 36.1 Å². The standard InChI is InChI=1S/C22H21N5O3/c1-2-18-17-12-16(13-23-21(17)30-25-18)22(28)27-10-8-15(9-11-27)20-24-19(26-29-20)14-6-4-3-5-7-14/h3-7,12-13,15H,2,8-11H2,1H3. The quantitative estimate of drug-likeness (QED) is 0.510. The van der Waals surface area contributed by atoms with E-state index in [1.54, 1.807) is 6.20 Å². The van der Waals surface area contributed by atoms with E-state index in [9.17, 15) is 4.79 Å². The van der Waals surface area contributed by atoms with E-state index < -0.39 is 0 Å². The molecule has 0 aliphatic carbocycles. The number of pyridine rings is 1. The molecule has 0 radical (unpaired) electrons. The zero-order valence-corrected chi connectivity index (χ0v) is 16.6. The van der Waals surface area contributed by atoms with Gasteiger partial charge in [-0.25, -0.2) is 4.98 Å². The average molecular weight is 403 g/mol. The maximum Gasteiger partial charge on any atom is 0.257 e. The molecular formula is C22H21N5O3. The summed E-state index contributed by atoms with van der Waals surface area (Å²) < 4.78 is 10.7. The third-order valence-electron chi connectivity index (χ3n) is 5.59.